The molecule has 0 saturated heterocycles. The molecule has 0 bridgehead atoms. The Balaban J connectivity index is 2.04. The number of hydrogen-bond donors (Lipinski definition) is 0. The van der Waals surface area contributed by atoms with Crippen LogP contribution in [0.4, 0.5) is 0 Å². The van der Waals surface area contributed by atoms with Crippen LogP contribution in [0, 0.1) is 0 Å². The Labute approximate surface area is 139 Å². The fraction of sp³-hybridized carbons (Fsp3) is 0.133. The summed E-state index contributed by atoms with van der Waals surface area (Å²) in [6, 6.07) is 9.92. The molecule has 0 N–H and O–H groups in total. The first kappa shape index (κ1) is 14.6. The Kier molecular flexibility index (Phi) is 4.28. The lowest BCUT2D eigenvalue weighted by Gasteiger charge is -2.10. The zero-order valence-electron chi connectivity index (χ0n) is 11.4. The normalized spacial score (nSPS) is 10.6. The molecule has 1 aromatic carbocycles. The van der Waals surface area contributed by atoms with Gasteiger partial charge in [-0.05, 0) is 40.2 Å². The van der Waals surface area contributed by atoms with Gasteiger partial charge in [-0.1, -0.05) is 6.07 Å². The Morgan fingerprint density at radius 2 is 1.95 bits per heavy atom. The van der Waals surface area contributed by atoms with Gasteiger partial charge in [-0.15, -0.1) is 22.7 Å². The molecule has 0 aliphatic heterocycles. The fourth-order valence-corrected chi connectivity index (χ4v) is 4.28. The Morgan fingerprint density at radius 1 is 1.10 bits per heavy atom. The van der Waals surface area contributed by atoms with Crippen LogP contribution >= 0.6 is 38.6 Å². The summed E-state index contributed by atoms with van der Waals surface area (Å²) in [4.78, 5) is 5.87. The van der Waals surface area contributed by atoms with Crippen molar-refractivity contribution in [1.29, 1.82) is 0 Å². The van der Waals surface area contributed by atoms with Crippen molar-refractivity contribution in [3.8, 4) is 32.6 Å². The molecule has 3 aromatic rings. The third-order valence-corrected chi connectivity index (χ3v) is 5.48. The highest BCUT2D eigenvalue weighted by Gasteiger charge is 2.15. The highest BCUT2D eigenvalue weighted by atomic mass is 79.9. The lowest BCUT2D eigenvalue weighted by molar-refractivity contribution is 0.356. The average molecular weight is 382 g/mol. The predicted octanol–water partition coefficient (Wildman–Crippen LogP) is 5.32. The first-order chi connectivity index (χ1) is 10.2. The van der Waals surface area contributed by atoms with Gasteiger partial charge in [0.05, 0.1) is 34.1 Å². The van der Waals surface area contributed by atoms with Gasteiger partial charge in [0.25, 0.3) is 0 Å². The summed E-state index contributed by atoms with van der Waals surface area (Å²) in [7, 11) is 3.28. The number of hydrogen-bond acceptors (Lipinski definition) is 5. The van der Waals surface area contributed by atoms with Gasteiger partial charge in [-0.3, -0.25) is 0 Å². The second-order valence-electron chi connectivity index (χ2n) is 4.18. The van der Waals surface area contributed by atoms with Crippen molar-refractivity contribution in [2.24, 2.45) is 0 Å². The van der Waals surface area contributed by atoms with Crippen molar-refractivity contribution >= 4 is 38.6 Å². The average Bonchev–Trinajstić information content (AvgIpc) is 3.14. The largest absolute Gasteiger partial charge is 0.493 e. The minimum atomic E-state index is 0.714. The minimum absolute atomic E-state index is 0.714. The van der Waals surface area contributed by atoms with E-state index in [0.717, 1.165) is 24.9 Å². The number of methoxy groups -OCH3 is 2. The number of rotatable bonds is 4. The molecule has 0 atom stereocenters. The first-order valence-corrected chi connectivity index (χ1v) is 8.64. The topological polar surface area (TPSA) is 31.4 Å². The number of para-hydroxylation sites is 1. The number of ether oxygens (including phenoxy) is 2. The van der Waals surface area contributed by atoms with Crippen LogP contribution in [-0.2, 0) is 0 Å². The molecule has 2 heterocycles. The van der Waals surface area contributed by atoms with Crippen molar-refractivity contribution in [3.05, 3.63) is 39.5 Å². The summed E-state index contributed by atoms with van der Waals surface area (Å²) in [5, 5.41) is 2.98. The van der Waals surface area contributed by atoms with E-state index in [2.05, 4.69) is 27.4 Å². The predicted molar refractivity (Wildman–Crippen MR) is 91.7 cm³/mol. The molecule has 6 heteroatoms. The Morgan fingerprint density at radius 3 is 2.62 bits per heavy atom. The summed E-state index contributed by atoms with van der Waals surface area (Å²) >= 11 is 6.75. The van der Waals surface area contributed by atoms with Crippen LogP contribution in [0.15, 0.2) is 39.5 Å². The van der Waals surface area contributed by atoms with E-state index in [0.29, 0.717) is 11.5 Å². The number of halogens is 1. The minimum Gasteiger partial charge on any atom is -0.493 e. The van der Waals surface area contributed by atoms with Gasteiger partial charge in [0.2, 0.25) is 0 Å². The maximum absolute atomic E-state index is 5.48. The molecule has 0 aliphatic rings. The van der Waals surface area contributed by atoms with Crippen LogP contribution in [-0.4, -0.2) is 19.2 Å². The summed E-state index contributed by atoms with van der Waals surface area (Å²) in [5.74, 6) is 1.43. The quantitative estimate of drug-likeness (QED) is 0.612. The molecule has 0 aliphatic carbocycles. The van der Waals surface area contributed by atoms with Crippen LogP contribution in [0.2, 0.25) is 0 Å². The molecule has 0 unspecified atom stereocenters. The lowest BCUT2D eigenvalue weighted by Crippen LogP contribution is -1.92. The summed E-state index contributed by atoms with van der Waals surface area (Å²) < 4.78 is 11.9. The second kappa shape index (κ2) is 6.17. The molecule has 3 nitrogen and oxygen atoms in total. The lowest BCUT2D eigenvalue weighted by atomic mass is 10.2. The van der Waals surface area contributed by atoms with Gasteiger partial charge >= 0.3 is 0 Å². The Hall–Kier alpha value is -1.37. The highest BCUT2D eigenvalue weighted by Crippen LogP contribution is 2.41. The van der Waals surface area contributed by atoms with Crippen LogP contribution in [0.25, 0.3) is 21.1 Å². The third kappa shape index (κ3) is 2.84. The van der Waals surface area contributed by atoms with E-state index in [1.807, 2.05) is 24.3 Å². The van der Waals surface area contributed by atoms with E-state index in [1.54, 1.807) is 36.9 Å². The van der Waals surface area contributed by atoms with Gasteiger partial charge < -0.3 is 9.47 Å². The van der Waals surface area contributed by atoms with Crippen molar-refractivity contribution in [3.63, 3.8) is 0 Å². The van der Waals surface area contributed by atoms with Crippen molar-refractivity contribution in [2.45, 2.75) is 0 Å². The summed E-state index contributed by atoms with van der Waals surface area (Å²) in [6.07, 6.45) is 0. The van der Waals surface area contributed by atoms with Crippen molar-refractivity contribution in [2.75, 3.05) is 14.2 Å². The standard InChI is InChI=1S/C15H12BrNO2S2/c1-18-11-5-3-4-9(14(11)19-2)15-17-10(8-20-15)12-6-7-13(16)21-12/h3-8H,1-2H3. The van der Waals surface area contributed by atoms with Crippen LogP contribution in [0.3, 0.4) is 0 Å². The SMILES string of the molecule is COc1cccc(-c2nc(-c3ccc(Br)s3)cs2)c1OC. The second-order valence-corrected chi connectivity index (χ2v) is 7.50. The van der Waals surface area contributed by atoms with Crippen LogP contribution < -0.4 is 9.47 Å². The van der Waals surface area contributed by atoms with Gasteiger partial charge in [0.15, 0.2) is 11.5 Å². The van der Waals surface area contributed by atoms with Gasteiger partial charge in [0, 0.05) is 5.38 Å². The molecule has 0 amide bonds. The number of thiophene rings is 1. The van der Waals surface area contributed by atoms with Crippen LogP contribution in [0.1, 0.15) is 0 Å². The molecule has 0 saturated carbocycles. The number of benzene rings is 1. The molecule has 2 aromatic heterocycles. The van der Waals surface area contributed by atoms with Gasteiger partial charge in [0.1, 0.15) is 5.01 Å². The van der Waals surface area contributed by atoms with E-state index in [9.17, 15) is 0 Å². The Bertz CT molecular complexity index is 767. The van der Waals surface area contributed by atoms with Crippen LogP contribution in [0.5, 0.6) is 11.5 Å². The molecule has 0 radical (unpaired) electrons. The van der Waals surface area contributed by atoms with E-state index < -0.39 is 0 Å². The summed E-state index contributed by atoms with van der Waals surface area (Å²) in [6.45, 7) is 0. The summed E-state index contributed by atoms with van der Waals surface area (Å²) in [5.41, 5.74) is 1.93. The van der Waals surface area contributed by atoms with E-state index >= 15 is 0 Å². The van der Waals surface area contributed by atoms with Gasteiger partial charge in [-0.25, -0.2) is 4.98 Å². The van der Waals surface area contributed by atoms with Gasteiger partial charge in [-0.2, -0.15) is 0 Å². The first-order valence-electron chi connectivity index (χ1n) is 6.15. The molecule has 21 heavy (non-hydrogen) atoms. The highest BCUT2D eigenvalue weighted by molar-refractivity contribution is 9.11. The van der Waals surface area contributed by atoms with Crippen molar-refractivity contribution < 1.29 is 9.47 Å². The zero-order valence-corrected chi connectivity index (χ0v) is 14.6. The molecular formula is C15H12BrNO2S2. The number of aromatic nitrogens is 1. The maximum atomic E-state index is 5.48. The molecule has 108 valence electrons. The molecule has 0 spiro atoms. The maximum Gasteiger partial charge on any atom is 0.170 e. The number of thiazole rings is 1. The fourth-order valence-electron chi connectivity index (χ4n) is 2.02. The molecular weight excluding hydrogens is 370 g/mol. The monoisotopic (exact) mass is 381 g/mol. The third-order valence-electron chi connectivity index (χ3n) is 2.96. The van der Waals surface area contributed by atoms with E-state index in [1.165, 1.54) is 0 Å². The smallest absolute Gasteiger partial charge is 0.170 e. The van der Waals surface area contributed by atoms with Crippen molar-refractivity contribution in [1.82, 2.24) is 4.98 Å². The van der Waals surface area contributed by atoms with E-state index in [-0.39, 0.29) is 0 Å². The molecule has 3 rings (SSSR count). The zero-order chi connectivity index (χ0) is 14.8. The number of nitrogens with zero attached hydrogens (tertiary/aromatic N) is 1. The van der Waals surface area contributed by atoms with E-state index in [4.69, 9.17) is 14.5 Å². The molecule has 0 fully saturated rings.